The monoisotopic (exact) mass is 385 g/mol. The highest BCUT2D eigenvalue weighted by Gasteiger charge is 2.72. The molecule has 146 valence electrons. The smallest absolute Gasteiger partial charge is 0.305 e. The van der Waals surface area contributed by atoms with Crippen LogP contribution in [0.1, 0.15) is 19.4 Å². The second-order valence-corrected chi connectivity index (χ2v) is 7.15. The van der Waals surface area contributed by atoms with Crippen molar-refractivity contribution in [3.8, 4) is 0 Å². The van der Waals surface area contributed by atoms with E-state index in [9.17, 15) is 19.2 Å². The minimum Gasteiger partial charge on any atom is -0.422 e. The second-order valence-electron chi connectivity index (χ2n) is 7.15. The van der Waals surface area contributed by atoms with Gasteiger partial charge >= 0.3 is 11.9 Å². The van der Waals surface area contributed by atoms with Gasteiger partial charge in [0.15, 0.2) is 5.60 Å². The standard InChI is InChI=1S/C20H19NO7/c1-10-6-4-5-7-13(10)21-17(24)15-14-8-9-20(28-14,16(15)18(21)25)19(26-11(2)22)27-12(3)23/h4-9,14-16,19H,1-3H3/t14-,15+,16+,20+/m1/s1. The number of carbonyl (C=O) groups excluding carboxylic acids is 4. The molecule has 1 aromatic carbocycles. The number of benzene rings is 1. The Hall–Kier alpha value is -3.00. The Labute approximate surface area is 161 Å². The van der Waals surface area contributed by atoms with Crippen molar-refractivity contribution in [2.24, 2.45) is 11.8 Å². The van der Waals surface area contributed by atoms with E-state index in [0.717, 1.165) is 24.3 Å². The average Bonchev–Trinajstić information content (AvgIpc) is 3.26. The Balaban J connectivity index is 1.77. The predicted octanol–water partition coefficient (Wildman–Crippen LogP) is 1.26. The first kappa shape index (κ1) is 18.4. The molecule has 0 radical (unpaired) electrons. The summed E-state index contributed by atoms with van der Waals surface area (Å²) in [4.78, 5) is 50.8. The zero-order chi connectivity index (χ0) is 20.2. The molecule has 0 saturated carbocycles. The van der Waals surface area contributed by atoms with Gasteiger partial charge in [-0.1, -0.05) is 24.3 Å². The van der Waals surface area contributed by atoms with Crippen LogP contribution in [0.25, 0.3) is 0 Å². The molecule has 0 N–H and O–H groups in total. The van der Waals surface area contributed by atoms with E-state index in [4.69, 9.17) is 14.2 Å². The molecular formula is C20H19NO7. The number of hydrogen-bond acceptors (Lipinski definition) is 7. The summed E-state index contributed by atoms with van der Waals surface area (Å²) in [5.74, 6) is -3.98. The van der Waals surface area contributed by atoms with Crippen LogP contribution in [0, 0.1) is 18.8 Å². The van der Waals surface area contributed by atoms with Crippen LogP contribution in [0.3, 0.4) is 0 Å². The van der Waals surface area contributed by atoms with Gasteiger partial charge in [-0.15, -0.1) is 0 Å². The van der Waals surface area contributed by atoms with E-state index in [1.165, 1.54) is 0 Å². The summed E-state index contributed by atoms with van der Waals surface area (Å²) in [6.45, 7) is 4.14. The number of imide groups is 1. The molecule has 28 heavy (non-hydrogen) atoms. The first-order chi connectivity index (χ1) is 13.3. The van der Waals surface area contributed by atoms with Gasteiger partial charge in [0, 0.05) is 13.8 Å². The highest BCUT2D eigenvalue weighted by atomic mass is 16.7. The first-order valence-corrected chi connectivity index (χ1v) is 8.91. The molecule has 3 aliphatic rings. The molecule has 2 amide bonds. The van der Waals surface area contributed by atoms with Crippen LogP contribution in [0.15, 0.2) is 36.4 Å². The maximum Gasteiger partial charge on any atom is 0.305 e. The van der Waals surface area contributed by atoms with Gasteiger partial charge in [0.2, 0.25) is 11.8 Å². The molecule has 8 heteroatoms. The van der Waals surface area contributed by atoms with Crippen molar-refractivity contribution in [1.29, 1.82) is 0 Å². The third-order valence-electron chi connectivity index (χ3n) is 5.35. The van der Waals surface area contributed by atoms with Crippen LogP contribution in [0.5, 0.6) is 0 Å². The molecule has 0 spiro atoms. The molecule has 0 unspecified atom stereocenters. The largest absolute Gasteiger partial charge is 0.422 e. The molecule has 1 aromatic rings. The molecule has 2 bridgehead atoms. The van der Waals surface area contributed by atoms with Gasteiger partial charge in [-0.25, -0.2) is 4.90 Å². The lowest BCUT2D eigenvalue weighted by Gasteiger charge is -2.34. The highest BCUT2D eigenvalue weighted by molar-refractivity contribution is 6.23. The fourth-order valence-corrected chi connectivity index (χ4v) is 4.27. The summed E-state index contributed by atoms with van der Waals surface area (Å²) in [5.41, 5.74) is -0.259. The van der Waals surface area contributed by atoms with E-state index in [2.05, 4.69) is 0 Å². The van der Waals surface area contributed by atoms with Crippen molar-refractivity contribution in [2.45, 2.75) is 38.8 Å². The van der Waals surface area contributed by atoms with Crippen molar-refractivity contribution >= 4 is 29.4 Å². The number of ether oxygens (including phenoxy) is 3. The Morgan fingerprint density at radius 1 is 1.11 bits per heavy atom. The Bertz CT molecular complexity index is 907. The third kappa shape index (κ3) is 2.48. The molecule has 0 aromatic heterocycles. The molecule has 2 saturated heterocycles. The number of nitrogens with zero attached hydrogens (tertiary/aromatic N) is 1. The first-order valence-electron chi connectivity index (χ1n) is 8.91. The summed E-state index contributed by atoms with van der Waals surface area (Å²) in [6.07, 6.45) is 1.08. The molecule has 3 aliphatic heterocycles. The fourth-order valence-electron chi connectivity index (χ4n) is 4.27. The molecule has 4 atom stereocenters. The van der Waals surface area contributed by atoms with Gasteiger partial charge in [0.25, 0.3) is 6.29 Å². The van der Waals surface area contributed by atoms with Gasteiger partial charge in [-0.05, 0) is 24.6 Å². The molecule has 2 fully saturated rings. The number of esters is 2. The summed E-state index contributed by atoms with van der Waals surface area (Å²) in [7, 11) is 0. The van der Waals surface area contributed by atoms with Gasteiger partial charge < -0.3 is 14.2 Å². The van der Waals surface area contributed by atoms with Crippen molar-refractivity contribution in [3.05, 3.63) is 42.0 Å². The van der Waals surface area contributed by atoms with Crippen LogP contribution >= 0.6 is 0 Å². The van der Waals surface area contributed by atoms with Gasteiger partial charge in [0.05, 0.1) is 23.6 Å². The number of anilines is 1. The molecule has 4 rings (SSSR count). The summed E-state index contributed by atoms with van der Waals surface area (Å²) >= 11 is 0. The van der Waals surface area contributed by atoms with Gasteiger partial charge in [-0.3, -0.25) is 19.2 Å². The number of amides is 2. The van der Waals surface area contributed by atoms with Crippen molar-refractivity contribution in [3.63, 3.8) is 0 Å². The maximum absolute atomic E-state index is 13.3. The van der Waals surface area contributed by atoms with E-state index < -0.39 is 47.7 Å². The number of carbonyl (C=O) groups is 4. The van der Waals surface area contributed by atoms with E-state index in [1.54, 1.807) is 24.3 Å². The lowest BCUT2D eigenvalue weighted by Crippen LogP contribution is -2.52. The molecule has 3 heterocycles. The Morgan fingerprint density at radius 2 is 1.75 bits per heavy atom. The van der Waals surface area contributed by atoms with Gasteiger partial charge in [0.1, 0.15) is 0 Å². The molecule has 8 nitrogen and oxygen atoms in total. The normalized spacial score (nSPS) is 30.1. The average molecular weight is 385 g/mol. The van der Waals surface area contributed by atoms with Crippen molar-refractivity contribution in [2.75, 3.05) is 4.90 Å². The van der Waals surface area contributed by atoms with Gasteiger partial charge in [-0.2, -0.15) is 0 Å². The van der Waals surface area contributed by atoms with E-state index in [-0.39, 0.29) is 5.91 Å². The van der Waals surface area contributed by atoms with Crippen LogP contribution < -0.4 is 4.90 Å². The van der Waals surface area contributed by atoms with E-state index >= 15 is 0 Å². The third-order valence-corrected chi connectivity index (χ3v) is 5.35. The Morgan fingerprint density at radius 3 is 2.36 bits per heavy atom. The van der Waals surface area contributed by atoms with Crippen LogP contribution in [0.2, 0.25) is 0 Å². The van der Waals surface area contributed by atoms with E-state index in [0.29, 0.717) is 5.69 Å². The SMILES string of the molecule is CC(=O)OC(OC(C)=O)[C@@]12C=C[C@@H](O1)[C@@H]1C(=O)N(c3ccccc3C)C(=O)[C@H]12. The summed E-state index contributed by atoms with van der Waals surface area (Å²) in [6, 6.07) is 7.07. The predicted molar refractivity (Wildman–Crippen MR) is 94.7 cm³/mol. The Kier molecular flexibility index (Phi) is 4.11. The maximum atomic E-state index is 13.3. The minimum atomic E-state index is -1.53. The summed E-state index contributed by atoms with van der Waals surface area (Å²) < 4.78 is 16.3. The quantitative estimate of drug-likeness (QED) is 0.333. The lowest BCUT2D eigenvalue weighted by molar-refractivity contribution is -0.226. The van der Waals surface area contributed by atoms with Crippen molar-refractivity contribution in [1.82, 2.24) is 0 Å². The fraction of sp³-hybridized carbons (Fsp3) is 0.400. The lowest BCUT2D eigenvalue weighted by atomic mass is 9.76. The number of rotatable bonds is 4. The number of para-hydroxylation sites is 1. The van der Waals surface area contributed by atoms with Crippen LogP contribution in [-0.2, 0) is 33.4 Å². The summed E-state index contributed by atoms with van der Waals surface area (Å²) in [5, 5.41) is 0. The second kappa shape index (κ2) is 6.27. The number of fused-ring (bicyclic) bond motifs is 5. The van der Waals surface area contributed by atoms with Crippen LogP contribution in [-0.4, -0.2) is 41.7 Å². The number of aryl methyl sites for hydroxylation is 1. The topological polar surface area (TPSA) is 99.2 Å². The number of hydrogen-bond donors (Lipinski definition) is 0. The van der Waals surface area contributed by atoms with Crippen LogP contribution in [0.4, 0.5) is 5.69 Å². The highest BCUT2D eigenvalue weighted by Crippen LogP contribution is 2.54. The molecule has 0 aliphatic carbocycles. The zero-order valence-electron chi connectivity index (χ0n) is 15.6. The molecular weight excluding hydrogens is 366 g/mol. The minimum absolute atomic E-state index is 0.384. The van der Waals surface area contributed by atoms with E-state index in [1.807, 2.05) is 19.1 Å². The van der Waals surface area contributed by atoms with Crippen molar-refractivity contribution < 1.29 is 33.4 Å². The zero-order valence-corrected chi connectivity index (χ0v) is 15.6.